The average molecular weight is 265 g/mol. The first-order valence-corrected chi connectivity index (χ1v) is 5.90. The molecule has 7 heteroatoms. The number of alkyl halides is 3. The van der Waals surface area contributed by atoms with Gasteiger partial charge in [-0.25, -0.2) is 0 Å². The van der Waals surface area contributed by atoms with Crippen LogP contribution in [0.25, 0.3) is 0 Å². The van der Waals surface area contributed by atoms with Gasteiger partial charge < -0.3 is 5.11 Å². The Morgan fingerprint density at radius 1 is 1.11 bits per heavy atom. The van der Waals surface area contributed by atoms with Crippen LogP contribution in [0.2, 0.25) is 0 Å². The van der Waals surface area contributed by atoms with Gasteiger partial charge in [-0.05, 0) is 19.3 Å². The largest absolute Gasteiger partial charge is 0.393 e. The lowest BCUT2D eigenvalue weighted by Crippen LogP contribution is -2.52. The molecule has 1 heterocycles. The Morgan fingerprint density at radius 2 is 1.67 bits per heavy atom. The second-order valence-electron chi connectivity index (χ2n) is 4.84. The van der Waals surface area contributed by atoms with Crippen LogP contribution in [0.3, 0.4) is 0 Å². The molecule has 3 unspecified atom stereocenters. The Morgan fingerprint density at radius 3 is 2.17 bits per heavy atom. The minimum absolute atomic E-state index is 0.0317. The third-order valence-corrected chi connectivity index (χ3v) is 3.63. The highest BCUT2D eigenvalue weighted by Gasteiger charge is 2.52. The van der Waals surface area contributed by atoms with Crippen molar-refractivity contribution in [2.45, 2.75) is 50.4 Å². The molecule has 2 rings (SSSR count). The number of aliphatic hydroxyl groups is 1. The number of carbonyl (C=O) groups is 2. The van der Waals surface area contributed by atoms with Crippen molar-refractivity contribution in [1.29, 1.82) is 0 Å². The van der Waals surface area contributed by atoms with E-state index in [4.69, 9.17) is 0 Å². The van der Waals surface area contributed by atoms with Crippen molar-refractivity contribution in [2.75, 3.05) is 0 Å². The van der Waals surface area contributed by atoms with E-state index in [2.05, 4.69) is 0 Å². The molecular formula is C11H14F3NO3. The van der Waals surface area contributed by atoms with E-state index in [0.717, 1.165) is 4.90 Å². The van der Waals surface area contributed by atoms with Crippen LogP contribution in [0.5, 0.6) is 0 Å². The van der Waals surface area contributed by atoms with E-state index in [9.17, 15) is 27.9 Å². The standard InChI is InChI=1S/C11H14F3NO3/c12-11(13,14)7-2-1-6(16)5-8(7)15-9(17)3-4-10(15)18/h6-8,16H,1-5H2. The van der Waals surface area contributed by atoms with E-state index in [0.29, 0.717) is 0 Å². The van der Waals surface area contributed by atoms with Crippen LogP contribution in [-0.2, 0) is 9.59 Å². The van der Waals surface area contributed by atoms with E-state index in [-0.39, 0.29) is 32.1 Å². The van der Waals surface area contributed by atoms with Crippen molar-refractivity contribution in [3.63, 3.8) is 0 Å². The number of imide groups is 1. The molecule has 0 radical (unpaired) electrons. The summed E-state index contributed by atoms with van der Waals surface area (Å²) in [6.45, 7) is 0. The van der Waals surface area contributed by atoms with Gasteiger partial charge in [-0.1, -0.05) is 0 Å². The molecule has 0 aromatic heterocycles. The number of hydrogen-bond acceptors (Lipinski definition) is 3. The predicted molar refractivity (Wildman–Crippen MR) is 54.3 cm³/mol. The third-order valence-electron chi connectivity index (χ3n) is 3.63. The minimum Gasteiger partial charge on any atom is -0.393 e. The Kier molecular flexibility index (Phi) is 3.35. The van der Waals surface area contributed by atoms with Crippen LogP contribution in [0.4, 0.5) is 13.2 Å². The topological polar surface area (TPSA) is 57.6 Å². The number of likely N-dealkylation sites (tertiary alicyclic amines) is 1. The molecule has 1 saturated heterocycles. The lowest BCUT2D eigenvalue weighted by atomic mass is 9.81. The van der Waals surface area contributed by atoms with Crippen LogP contribution in [-0.4, -0.2) is 40.1 Å². The van der Waals surface area contributed by atoms with Gasteiger partial charge in [0.15, 0.2) is 0 Å². The van der Waals surface area contributed by atoms with Crippen LogP contribution in [0, 0.1) is 5.92 Å². The predicted octanol–water partition coefficient (Wildman–Crippen LogP) is 1.23. The fourth-order valence-electron chi connectivity index (χ4n) is 2.76. The van der Waals surface area contributed by atoms with E-state index < -0.39 is 36.1 Å². The van der Waals surface area contributed by atoms with Gasteiger partial charge >= 0.3 is 6.18 Å². The van der Waals surface area contributed by atoms with E-state index in [1.54, 1.807) is 0 Å². The summed E-state index contributed by atoms with van der Waals surface area (Å²) in [4.78, 5) is 23.8. The first-order chi connectivity index (χ1) is 8.30. The maximum Gasteiger partial charge on any atom is 0.393 e. The normalized spacial score (nSPS) is 34.2. The summed E-state index contributed by atoms with van der Waals surface area (Å²) >= 11 is 0. The zero-order valence-electron chi connectivity index (χ0n) is 9.61. The molecule has 2 aliphatic rings. The summed E-state index contributed by atoms with van der Waals surface area (Å²) in [7, 11) is 0. The van der Waals surface area contributed by atoms with Crippen molar-refractivity contribution in [3.8, 4) is 0 Å². The van der Waals surface area contributed by atoms with Gasteiger partial charge in [0.1, 0.15) is 0 Å². The summed E-state index contributed by atoms with van der Waals surface area (Å²) in [5, 5.41) is 9.48. The average Bonchev–Trinajstić information content (AvgIpc) is 2.56. The lowest BCUT2D eigenvalue weighted by Gasteiger charge is -2.39. The molecule has 0 aromatic rings. The monoisotopic (exact) mass is 265 g/mol. The number of nitrogens with zero attached hydrogens (tertiary/aromatic N) is 1. The first kappa shape index (κ1) is 13.3. The Bertz CT molecular complexity index is 353. The second-order valence-corrected chi connectivity index (χ2v) is 4.84. The first-order valence-electron chi connectivity index (χ1n) is 5.90. The smallest absolute Gasteiger partial charge is 0.393 e. The molecule has 3 atom stereocenters. The summed E-state index contributed by atoms with van der Waals surface area (Å²) < 4.78 is 38.7. The molecule has 4 nitrogen and oxygen atoms in total. The number of hydrogen-bond donors (Lipinski definition) is 1. The van der Waals surface area contributed by atoms with Crippen molar-refractivity contribution < 1.29 is 27.9 Å². The number of rotatable bonds is 1. The fourth-order valence-corrected chi connectivity index (χ4v) is 2.76. The van der Waals surface area contributed by atoms with Crippen LogP contribution in [0.1, 0.15) is 32.1 Å². The number of halogens is 3. The highest BCUT2D eigenvalue weighted by Crippen LogP contribution is 2.41. The van der Waals surface area contributed by atoms with Gasteiger partial charge in [-0.2, -0.15) is 13.2 Å². The molecule has 2 fully saturated rings. The number of amides is 2. The van der Waals surface area contributed by atoms with Crippen LogP contribution >= 0.6 is 0 Å². The summed E-state index contributed by atoms with van der Waals surface area (Å²) in [5.41, 5.74) is 0. The zero-order chi connectivity index (χ0) is 13.5. The fraction of sp³-hybridized carbons (Fsp3) is 0.818. The van der Waals surface area contributed by atoms with Crippen LogP contribution < -0.4 is 0 Å². The van der Waals surface area contributed by atoms with Crippen molar-refractivity contribution >= 4 is 11.8 Å². The van der Waals surface area contributed by atoms with Gasteiger partial charge in [0, 0.05) is 12.8 Å². The minimum atomic E-state index is -4.45. The molecule has 0 bridgehead atoms. The molecule has 1 aliphatic heterocycles. The summed E-state index contributed by atoms with van der Waals surface area (Å²) in [6.07, 6.45) is -5.76. The van der Waals surface area contributed by atoms with E-state index >= 15 is 0 Å². The molecule has 0 aromatic carbocycles. The van der Waals surface area contributed by atoms with Crippen molar-refractivity contribution in [2.24, 2.45) is 5.92 Å². The van der Waals surface area contributed by atoms with E-state index in [1.807, 2.05) is 0 Å². The Hall–Kier alpha value is -1.11. The van der Waals surface area contributed by atoms with Gasteiger partial charge in [-0.3, -0.25) is 14.5 Å². The van der Waals surface area contributed by atoms with Crippen molar-refractivity contribution in [3.05, 3.63) is 0 Å². The lowest BCUT2D eigenvalue weighted by molar-refractivity contribution is -0.204. The molecule has 1 aliphatic carbocycles. The SMILES string of the molecule is O=C1CCC(=O)N1C1CC(O)CCC1C(F)(F)F. The number of carbonyl (C=O) groups excluding carboxylic acids is 2. The Balaban J connectivity index is 2.25. The van der Waals surface area contributed by atoms with Gasteiger partial charge in [0.05, 0.1) is 18.1 Å². The maximum absolute atomic E-state index is 12.9. The van der Waals surface area contributed by atoms with Crippen molar-refractivity contribution in [1.82, 2.24) is 4.90 Å². The summed E-state index contributed by atoms with van der Waals surface area (Å²) in [5.74, 6) is -2.84. The molecule has 2 amide bonds. The van der Waals surface area contributed by atoms with Gasteiger partial charge in [0.2, 0.25) is 11.8 Å². The third kappa shape index (κ3) is 2.36. The highest BCUT2D eigenvalue weighted by molar-refractivity contribution is 6.02. The molecule has 18 heavy (non-hydrogen) atoms. The zero-order valence-corrected chi connectivity index (χ0v) is 9.61. The van der Waals surface area contributed by atoms with E-state index in [1.165, 1.54) is 0 Å². The molecule has 1 saturated carbocycles. The Labute approximate surface area is 102 Å². The van der Waals surface area contributed by atoms with Crippen LogP contribution in [0.15, 0.2) is 0 Å². The molecular weight excluding hydrogens is 251 g/mol. The molecule has 1 N–H and O–H groups in total. The molecule has 102 valence electrons. The molecule has 0 spiro atoms. The summed E-state index contributed by atoms with van der Waals surface area (Å²) in [6, 6.07) is -1.24. The van der Waals surface area contributed by atoms with Gasteiger partial charge in [0.25, 0.3) is 0 Å². The quantitative estimate of drug-likeness (QED) is 0.725. The highest BCUT2D eigenvalue weighted by atomic mass is 19.4. The van der Waals surface area contributed by atoms with Gasteiger partial charge in [-0.15, -0.1) is 0 Å². The second kappa shape index (κ2) is 4.53. The number of aliphatic hydroxyl groups excluding tert-OH is 1. The maximum atomic E-state index is 12.9.